The Balaban J connectivity index is 1.84. The predicted octanol–water partition coefficient (Wildman–Crippen LogP) is 5.23. The minimum absolute atomic E-state index is 0.153. The van der Waals surface area contributed by atoms with Gasteiger partial charge in [0.1, 0.15) is 12.4 Å². The number of anilines is 1. The molecule has 0 aliphatic carbocycles. The Morgan fingerprint density at radius 2 is 2.10 bits per heavy atom. The number of allylic oxidation sites excluding steroid dienone is 1. The third-order valence-corrected chi connectivity index (χ3v) is 5.32. The van der Waals surface area contributed by atoms with Gasteiger partial charge >= 0.3 is 5.97 Å². The lowest BCUT2D eigenvalue weighted by Crippen LogP contribution is -2.29. The van der Waals surface area contributed by atoms with Crippen LogP contribution >= 0.6 is 0 Å². The van der Waals surface area contributed by atoms with E-state index in [0.717, 1.165) is 40.9 Å². The summed E-state index contributed by atoms with van der Waals surface area (Å²) in [7, 11) is 0. The number of fused-ring (bicyclic) bond motifs is 3. The van der Waals surface area contributed by atoms with E-state index in [1.54, 1.807) is 6.08 Å². The van der Waals surface area contributed by atoms with Gasteiger partial charge in [0.15, 0.2) is 0 Å². The molecule has 2 aromatic carbocycles. The van der Waals surface area contributed by atoms with Crippen LogP contribution in [0.25, 0.3) is 11.0 Å². The number of imidazole rings is 1. The number of nitrogens with zero attached hydrogens (tertiary/aromatic N) is 2. The first-order chi connectivity index (χ1) is 15.1. The van der Waals surface area contributed by atoms with Crippen LogP contribution in [0.15, 0.2) is 72.5 Å². The van der Waals surface area contributed by atoms with Gasteiger partial charge in [-0.2, -0.15) is 0 Å². The zero-order valence-electron chi connectivity index (χ0n) is 17.9. The lowest BCUT2D eigenvalue weighted by atomic mass is 9.95. The molecule has 160 valence electrons. The van der Waals surface area contributed by atoms with Crippen molar-refractivity contribution >= 4 is 23.0 Å². The molecular formula is C25H27N3O3. The topological polar surface area (TPSA) is 65.4 Å². The number of benzene rings is 2. The van der Waals surface area contributed by atoms with Gasteiger partial charge in [-0.05, 0) is 43.2 Å². The van der Waals surface area contributed by atoms with E-state index in [1.165, 1.54) is 0 Å². The van der Waals surface area contributed by atoms with Crippen LogP contribution in [0.4, 0.5) is 5.95 Å². The highest BCUT2D eigenvalue weighted by Gasteiger charge is 2.35. The Morgan fingerprint density at radius 1 is 1.26 bits per heavy atom. The summed E-state index contributed by atoms with van der Waals surface area (Å²) in [5, 5.41) is 3.29. The molecule has 1 aliphatic heterocycles. The lowest BCUT2D eigenvalue weighted by molar-refractivity contribution is -0.138. The molecule has 0 bridgehead atoms. The van der Waals surface area contributed by atoms with E-state index in [2.05, 4.69) is 23.4 Å². The Morgan fingerprint density at radius 3 is 2.90 bits per heavy atom. The van der Waals surface area contributed by atoms with E-state index in [4.69, 9.17) is 14.5 Å². The van der Waals surface area contributed by atoms with Gasteiger partial charge in [-0.1, -0.05) is 50.3 Å². The number of aromatic nitrogens is 2. The molecule has 0 radical (unpaired) electrons. The van der Waals surface area contributed by atoms with Gasteiger partial charge in [0, 0.05) is 5.70 Å². The number of carbonyl (C=O) groups is 1. The SMILES string of the molecule is C=CCOC(=O)C1=C(C)Nc2nc3ccccc3n2C1c1cccc(OCCCC)c1. The highest BCUT2D eigenvalue weighted by molar-refractivity contribution is 5.94. The van der Waals surface area contributed by atoms with Crippen LogP contribution in [0.1, 0.15) is 38.3 Å². The fraction of sp³-hybridized carbons (Fsp3) is 0.280. The smallest absolute Gasteiger partial charge is 0.338 e. The molecule has 6 heteroatoms. The molecule has 0 spiro atoms. The van der Waals surface area contributed by atoms with Gasteiger partial charge in [-0.15, -0.1) is 0 Å². The second-order valence-electron chi connectivity index (χ2n) is 7.52. The van der Waals surface area contributed by atoms with E-state index in [0.29, 0.717) is 18.1 Å². The first kappa shape index (κ1) is 20.7. The molecule has 1 atom stereocenters. The highest BCUT2D eigenvalue weighted by Crippen LogP contribution is 2.40. The summed E-state index contributed by atoms with van der Waals surface area (Å²) in [5.41, 5.74) is 4.00. The summed E-state index contributed by atoms with van der Waals surface area (Å²) in [6.07, 6.45) is 3.63. The van der Waals surface area contributed by atoms with Crippen molar-refractivity contribution in [2.45, 2.75) is 32.7 Å². The van der Waals surface area contributed by atoms with E-state index in [-0.39, 0.29) is 12.6 Å². The molecule has 0 amide bonds. The number of carbonyl (C=O) groups excluding carboxylic acids is 1. The van der Waals surface area contributed by atoms with Crippen molar-refractivity contribution in [3.8, 4) is 5.75 Å². The van der Waals surface area contributed by atoms with Crippen molar-refractivity contribution in [3.05, 3.63) is 78.0 Å². The Labute approximate surface area is 182 Å². The quantitative estimate of drug-likeness (QED) is 0.309. The molecular weight excluding hydrogens is 390 g/mol. The molecule has 3 aromatic rings. The summed E-state index contributed by atoms with van der Waals surface area (Å²) >= 11 is 0. The van der Waals surface area contributed by atoms with Crippen LogP contribution in [0.2, 0.25) is 0 Å². The normalized spacial score (nSPS) is 15.4. The molecule has 4 rings (SSSR count). The van der Waals surface area contributed by atoms with Crippen LogP contribution in [0, 0.1) is 0 Å². The van der Waals surface area contributed by atoms with Crippen molar-refractivity contribution in [3.63, 3.8) is 0 Å². The van der Waals surface area contributed by atoms with Gasteiger partial charge in [0.05, 0.1) is 29.3 Å². The maximum Gasteiger partial charge on any atom is 0.338 e. The second-order valence-corrected chi connectivity index (χ2v) is 7.52. The van der Waals surface area contributed by atoms with Crippen LogP contribution in [-0.2, 0) is 9.53 Å². The van der Waals surface area contributed by atoms with Crippen molar-refractivity contribution in [1.82, 2.24) is 9.55 Å². The van der Waals surface area contributed by atoms with Gasteiger partial charge in [-0.25, -0.2) is 9.78 Å². The van der Waals surface area contributed by atoms with Gasteiger partial charge in [0.2, 0.25) is 5.95 Å². The monoisotopic (exact) mass is 417 g/mol. The molecule has 0 fully saturated rings. The van der Waals surface area contributed by atoms with Crippen molar-refractivity contribution in [1.29, 1.82) is 0 Å². The zero-order valence-corrected chi connectivity index (χ0v) is 17.9. The highest BCUT2D eigenvalue weighted by atomic mass is 16.5. The fourth-order valence-electron chi connectivity index (χ4n) is 3.86. The van der Waals surface area contributed by atoms with E-state index in [9.17, 15) is 4.79 Å². The molecule has 31 heavy (non-hydrogen) atoms. The summed E-state index contributed by atoms with van der Waals surface area (Å²) in [5.74, 6) is 1.10. The molecule has 1 N–H and O–H groups in total. The number of ether oxygens (including phenoxy) is 2. The molecule has 1 unspecified atom stereocenters. The molecule has 0 saturated heterocycles. The van der Waals surface area contributed by atoms with Crippen molar-refractivity contribution < 1.29 is 14.3 Å². The molecule has 1 aliphatic rings. The maximum absolute atomic E-state index is 13.1. The number of nitrogens with one attached hydrogen (secondary N) is 1. The van der Waals surface area contributed by atoms with Gasteiger partial charge in [-0.3, -0.25) is 4.57 Å². The average Bonchev–Trinajstić information content (AvgIpc) is 3.14. The number of unbranched alkanes of at least 4 members (excludes halogenated alkanes) is 1. The molecule has 0 saturated carbocycles. The van der Waals surface area contributed by atoms with E-state index in [1.807, 2.05) is 55.5 Å². The predicted molar refractivity (Wildman–Crippen MR) is 122 cm³/mol. The van der Waals surface area contributed by atoms with Crippen molar-refractivity contribution in [2.24, 2.45) is 0 Å². The van der Waals surface area contributed by atoms with E-state index < -0.39 is 6.04 Å². The maximum atomic E-state index is 13.1. The van der Waals surface area contributed by atoms with Crippen LogP contribution in [-0.4, -0.2) is 28.7 Å². The Hall–Kier alpha value is -3.54. The lowest BCUT2D eigenvalue weighted by Gasteiger charge is -2.30. The van der Waals surface area contributed by atoms with Crippen molar-refractivity contribution in [2.75, 3.05) is 18.5 Å². The number of hydrogen-bond donors (Lipinski definition) is 1. The first-order valence-electron chi connectivity index (χ1n) is 10.6. The first-order valence-corrected chi connectivity index (χ1v) is 10.6. The molecule has 2 heterocycles. The Bertz CT molecular complexity index is 1150. The fourth-order valence-corrected chi connectivity index (χ4v) is 3.86. The number of hydrogen-bond acceptors (Lipinski definition) is 5. The number of rotatable bonds is 8. The Kier molecular flexibility index (Phi) is 6.07. The summed E-state index contributed by atoms with van der Waals surface area (Å²) < 4.78 is 13.4. The molecule has 6 nitrogen and oxygen atoms in total. The number of para-hydroxylation sites is 2. The van der Waals surface area contributed by atoms with Crippen LogP contribution in [0.3, 0.4) is 0 Å². The third kappa shape index (κ3) is 4.06. The molecule has 1 aromatic heterocycles. The van der Waals surface area contributed by atoms with Crippen LogP contribution in [0.5, 0.6) is 5.75 Å². The average molecular weight is 418 g/mol. The standard InChI is InChI=1S/C25H27N3O3/c1-4-6-15-30-19-11-9-10-18(16-19)23-22(24(29)31-14-5-2)17(3)26-25-27-20-12-7-8-13-21(20)28(23)25/h5,7-13,16,23H,2,4,6,14-15H2,1,3H3,(H,26,27). The number of esters is 1. The summed E-state index contributed by atoms with van der Waals surface area (Å²) in [4.78, 5) is 17.8. The van der Waals surface area contributed by atoms with E-state index >= 15 is 0 Å². The third-order valence-electron chi connectivity index (χ3n) is 5.32. The summed E-state index contributed by atoms with van der Waals surface area (Å²) in [6.45, 7) is 8.47. The van der Waals surface area contributed by atoms with Gasteiger partial charge in [0.25, 0.3) is 0 Å². The minimum atomic E-state index is -0.393. The second kappa shape index (κ2) is 9.08. The largest absolute Gasteiger partial charge is 0.494 e. The minimum Gasteiger partial charge on any atom is -0.494 e. The summed E-state index contributed by atoms with van der Waals surface area (Å²) in [6, 6.07) is 15.4. The van der Waals surface area contributed by atoms with Gasteiger partial charge < -0.3 is 14.8 Å². The van der Waals surface area contributed by atoms with Crippen LogP contribution < -0.4 is 10.1 Å². The zero-order chi connectivity index (χ0) is 21.8.